The van der Waals surface area contributed by atoms with Crippen LogP contribution in [-0.2, 0) is 6.54 Å². The molecule has 0 saturated heterocycles. The van der Waals surface area contributed by atoms with Crippen LogP contribution in [-0.4, -0.2) is 22.2 Å². The Hall–Kier alpha value is -2.95. The van der Waals surface area contributed by atoms with Gasteiger partial charge in [0.1, 0.15) is 0 Å². The summed E-state index contributed by atoms with van der Waals surface area (Å²) in [5, 5.41) is 11.3. The zero-order chi connectivity index (χ0) is 16.1. The minimum absolute atomic E-state index is 0.497. The molecule has 0 spiro atoms. The average molecular weight is 305 g/mol. The molecule has 0 aliphatic carbocycles. The number of nitrogens with zero attached hydrogens (tertiary/aromatic N) is 4. The molecular formula is C18H19N5. The first-order chi connectivity index (χ1) is 11.2. The van der Waals surface area contributed by atoms with Crippen LogP contribution in [0, 0.1) is 6.92 Å². The SMILES string of the molecule is Cc1ccccc1Nc1nncc(N(C)Cc2ccccc2)n1. The summed E-state index contributed by atoms with van der Waals surface area (Å²) in [6, 6.07) is 18.3. The molecule has 0 aliphatic heterocycles. The molecule has 0 atom stereocenters. The molecule has 0 aliphatic rings. The zero-order valence-electron chi connectivity index (χ0n) is 13.3. The van der Waals surface area contributed by atoms with E-state index in [0.717, 1.165) is 23.6 Å². The van der Waals surface area contributed by atoms with Gasteiger partial charge in [-0.2, -0.15) is 10.1 Å². The van der Waals surface area contributed by atoms with Crippen molar-refractivity contribution >= 4 is 17.5 Å². The van der Waals surface area contributed by atoms with Gasteiger partial charge >= 0.3 is 0 Å². The predicted molar refractivity (Wildman–Crippen MR) is 92.8 cm³/mol. The Labute approximate surface area is 136 Å². The highest BCUT2D eigenvalue weighted by molar-refractivity contribution is 5.58. The molecule has 23 heavy (non-hydrogen) atoms. The van der Waals surface area contributed by atoms with Gasteiger partial charge in [0.2, 0.25) is 5.95 Å². The van der Waals surface area contributed by atoms with Crippen LogP contribution in [0.4, 0.5) is 17.5 Å². The average Bonchev–Trinajstić information content (AvgIpc) is 2.58. The number of hydrogen-bond donors (Lipinski definition) is 1. The second-order valence-corrected chi connectivity index (χ2v) is 5.42. The topological polar surface area (TPSA) is 53.9 Å². The summed E-state index contributed by atoms with van der Waals surface area (Å²) < 4.78 is 0. The fourth-order valence-electron chi connectivity index (χ4n) is 2.30. The van der Waals surface area contributed by atoms with E-state index in [4.69, 9.17) is 0 Å². The van der Waals surface area contributed by atoms with E-state index in [1.54, 1.807) is 6.20 Å². The molecule has 1 heterocycles. The van der Waals surface area contributed by atoms with E-state index in [1.807, 2.05) is 61.3 Å². The van der Waals surface area contributed by atoms with Gasteiger partial charge in [0, 0.05) is 19.3 Å². The van der Waals surface area contributed by atoms with Crippen molar-refractivity contribution in [2.45, 2.75) is 13.5 Å². The smallest absolute Gasteiger partial charge is 0.249 e. The maximum Gasteiger partial charge on any atom is 0.249 e. The Balaban J connectivity index is 1.76. The molecule has 0 bridgehead atoms. The van der Waals surface area contributed by atoms with Gasteiger partial charge in [0.05, 0.1) is 6.20 Å². The van der Waals surface area contributed by atoms with Crippen LogP contribution < -0.4 is 10.2 Å². The lowest BCUT2D eigenvalue weighted by atomic mass is 10.2. The Bertz CT molecular complexity index is 773. The van der Waals surface area contributed by atoms with Gasteiger partial charge in [-0.25, -0.2) is 0 Å². The van der Waals surface area contributed by atoms with Crippen LogP contribution in [0.5, 0.6) is 0 Å². The number of rotatable bonds is 5. The van der Waals surface area contributed by atoms with Crippen molar-refractivity contribution in [1.29, 1.82) is 0 Å². The third kappa shape index (κ3) is 3.83. The highest BCUT2D eigenvalue weighted by atomic mass is 15.3. The van der Waals surface area contributed by atoms with E-state index >= 15 is 0 Å². The van der Waals surface area contributed by atoms with Crippen LogP contribution in [0.15, 0.2) is 60.8 Å². The normalized spacial score (nSPS) is 10.3. The van der Waals surface area contributed by atoms with Crippen molar-refractivity contribution in [2.24, 2.45) is 0 Å². The number of aromatic nitrogens is 3. The zero-order valence-corrected chi connectivity index (χ0v) is 13.3. The lowest BCUT2D eigenvalue weighted by Gasteiger charge is -2.18. The highest BCUT2D eigenvalue weighted by Gasteiger charge is 2.07. The first-order valence-electron chi connectivity index (χ1n) is 7.50. The number of para-hydroxylation sites is 1. The fourth-order valence-corrected chi connectivity index (χ4v) is 2.30. The highest BCUT2D eigenvalue weighted by Crippen LogP contribution is 2.19. The maximum atomic E-state index is 4.55. The van der Waals surface area contributed by atoms with E-state index in [0.29, 0.717) is 5.95 Å². The van der Waals surface area contributed by atoms with Crippen molar-refractivity contribution in [3.8, 4) is 0 Å². The number of hydrogen-bond acceptors (Lipinski definition) is 5. The van der Waals surface area contributed by atoms with Crippen molar-refractivity contribution in [3.63, 3.8) is 0 Å². The van der Waals surface area contributed by atoms with Gasteiger partial charge in [-0.1, -0.05) is 48.5 Å². The number of benzene rings is 2. The maximum absolute atomic E-state index is 4.55. The second-order valence-electron chi connectivity index (χ2n) is 5.42. The molecule has 0 radical (unpaired) electrons. The third-order valence-corrected chi connectivity index (χ3v) is 3.59. The third-order valence-electron chi connectivity index (χ3n) is 3.59. The standard InChI is InChI=1S/C18H19N5/c1-14-8-6-7-11-16(14)20-18-21-17(12-19-22-18)23(2)13-15-9-4-3-5-10-15/h3-12H,13H2,1-2H3,(H,20,21,22). The molecule has 5 nitrogen and oxygen atoms in total. The Kier molecular flexibility index (Phi) is 4.47. The molecule has 3 rings (SSSR count). The van der Waals surface area contributed by atoms with Crippen molar-refractivity contribution < 1.29 is 0 Å². The summed E-state index contributed by atoms with van der Waals surface area (Å²) >= 11 is 0. The molecule has 0 unspecified atom stereocenters. The van der Waals surface area contributed by atoms with Crippen molar-refractivity contribution in [3.05, 3.63) is 71.9 Å². The number of anilines is 3. The quantitative estimate of drug-likeness (QED) is 0.781. The van der Waals surface area contributed by atoms with E-state index < -0.39 is 0 Å². The van der Waals surface area contributed by atoms with Crippen LogP contribution in [0.3, 0.4) is 0 Å². The summed E-state index contributed by atoms with van der Waals surface area (Å²) in [4.78, 5) is 6.60. The molecule has 0 fully saturated rings. The van der Waals surface area contributed by atoms with Crippen LogP contribution in [0.1, 0.15) is 11.1 Å². The van der Waals surface area contributed by atoms with E-state index in [-0.39, 0.29) is 0 Å². The van der Waals surface area contributed by atoms with Gasteiger partial charge < -0.3 is 10.2 Å². The minimum atomic E-state index is 0.497. The molecule has 0 amide bonds. The lowest BCUT2D eigenvalue weighted by Crippen LogP contribution is -2.18. The predicted octanol–water partition coefficient (Wildman–Crippen LogP) is 3.56. The first kappa shape index (κ1) is 15.0. The minimum Gasteiger partial charge on any atom is -0.354 e. The van der Waals surface area contributed by atoms with E-state index in [9.17, 15) is 0 Å². The summed E-state index contributed by atoms with van der Waals surface area (Å²) in [6.07, 6.45) is 1.67. The molecule has 0 saturated carbocycles. The van der Waals surface area contributed by atoms with Crippen LogP contribution >= 0.6 is 0 Å². The molecule has 3 aromatic rings. The van der Waals surface area contributed by atoms with Crippen molar-refractivity contribution in [2.75, 3.05) is 17.3 Å². The van der Waals surface area contributed by atoms with E-state index in [2.05, 4.69) is 32.6 Å². The van der Waals surface area contributed by atoms with Gasteiger partial charge in [0.15, 0.2) is 5.82 Å². The Morgan fingerprint density at radius 2 is 1.74 bits per heavy atom. The van der Waals surface area contributed by atoms with Crippen molar-refractivity contribution in [1.82, 2.24) is 15.2 Å². The van der Waals surface area contributed by atoms with E-state index in [1.165, 1.54) is 5.56 Å². The summed E-state index contributed by atoms with van der Waals surface area (Å²) in [5.41, 5.74) is 3.35. The van der Waals surface area contributed by atoms with Gasteiger partial charge in [0.25, 0.3) is 0 Å². The molecule has 1 aromatic heterocycles. The second kappa shape index (κ2) is 6.87. The summed E-state index contributed by atoms with van der Waals surface area (Å²) in [6.45, 7) is 2.81. The van der Waals surface area contributed by atoms with Gasteiger partial charge in [-0.15, -0.1) is 5.10 Å². The fraction of sp³-hybridized carbons (Fsp3) is 0.167. The Morgan fingerprint density at radius 3 is 2.52 bits per heavy atom. The number of aryl methyl sites for hydroxylation is 1. The molecular weight excluding hydrogens is 286 g/mol. The molecule has 1 N–H and O–H groups in total. The summed E-state index contributed by atoms with van der Waals surface area (Å²) in [5.74, 6) is 1.27. The Morgan fingerprint density at radius 1 is 1.00 bits per heavy atom. The molecule has 116 valence electrons. The molecule has 5 heteroatoms. The first-order valence-corrected chi connectivity index (χ1v) is 7.50. The molecule has 2 aromatic carbocycles. The van der Waals surface area contributed by atoms with Crippen LogP contribution in [0.2, 0.25) is 0 Å². The summed E-state index contributed by atoms with van der Waals surface area (Å²) in [7, 11) is 1.99. The van der Waals surface area contributed by atoms with Gasteiger partial charge in [-0.3, -0.25) is 0 Å². The number of nitrogens with one attached hydrogen (secondary N) is 1. The van der Waals surface area contributed by atoms with Crippen LogP contribution in [0.25, 0.3) is 0 Å². The van der Waals surface area contributed by atoms with Gasteiger partial charge in [-0.05, 0) is 24.1 Å². The lowest BCUT2D eigenvalue weighted by molar-refractivity contribution is 0.866. The largest absolute Gasteiger partial charge is 0.354 e. The monoisotopic (exact) mass is 305 g/mol.